The van der Waals surface area contributed by atoms with Crippen LogP contribution in [-0.2, 0) is 7.05 Å². The summed E-state index contributed by atoms with van der Waals surface area (Å²) in [5.74, 6) is 0.721. The molecule has 18 heavy (non-hydrogen) atoms. The van der Waals surface area contributed by atoms with Crippen LogP contribution in [0, 0.1) is 0 Å². The predicted molar refractivity (Wildman–Crippen MR) is 69.7 cm³/mol. The third kappa shape index (κ3) is 1.88. The van der Waals surface area contributed by atoms with E-state index in [-0.39, 0.29) is 0 Å². The normalized spacial score (nSPS) is 10.5. The maximum Gasteiger partial charge on any atom is 0.159 e. The summed E-state index contributed by atoms with van der Waals surface area (Å²) in [6.07, 6.45) is 5.42. The van der Waals surface area contributed by atoms with Gasteiger partial charge in [-0.3, -0.25) is 4.68 Å². The summed E-state index contributed by atoms with van der Waals surface area (Å²) in [7, 11) is 1.91. The van der Waals surface area contributed by atoms with Gasteiger partial charge in [0.25, 0.3) is 0 Å². The van der Waals surface area contributed by atoms with Crippen molar-refractivity contribution >= 4 is 0 Å². The molecule has 88 valence electrons. The molecular weight excluding hydrogens is 224 g/mol. The fourth-order valence-electron chi connectivity index (χ4n) is 1.90. The van der Waals surface area contributed by atoms with E-state index in [2.05, 4.69) is 15.1 Å². The van der Waals surface area contributed by atoms with Crippen molar-refractivity contribution in [1.29, 1.82) is 0 Å². The molecule has 1 aromatic carbocycles. The molecule has 0 amide bonds. The Hall–Kier alpha value is -2.49. The molecule has 3 rings (SSSR count). The Morgan fingerprint density at radius 2 is 1.61 bits per heavy atom. The van der Waals surface area contributed by atoms with Crippen molar-refractivity contribution in [2.24, 2.45) is 7.05 Å². The molecular formula is C14H12N4. The SMILES string of the molecule is Cn1ccc(-c2ccccc2-c2ncccn2)n1. The van der Waals surface area contributed by atoms with Gasteiger partial charge in [0.1, 0.15) is 0 Å². The molecule has 4 nitrogen and oxygen atoms in total. The highest BCUT2D eigenvalue weighted by Gasteiger charge is 2.10. The largest absolute Gasteiger partial charge is 0.275 e. The van der Waals surface area contributed by atoms with Crippen molar-refractivity contribution in [2.75, 3.05) is 0 Å². The zero-order chi connectivity index (χ0) is 12.4. The first-order chi connectivity index (χ1) is 8.84. The highest BCUT2D eigenvalue weighted by molar-refractivity contribution is 5.78. The number of nitrogens with zero attached hydrogens (tertiary/aromatic N) is 4. The highest BCUT2D eigenvalue weighted by atomic mass is 15.2. The number of aromatic nitrogens is 4. The summed E-state index contributed by atoms with van der Waals surface area (Å²) < 4.78 is 1.79. The fraction of sp³-hybridized carbons (Fsp3) is 0.0714. The minimum Gasteiger partial charge on any atom is -0.275 e. The second-order valence-corrected chi connectivity index (χ2v) is 3.99. The van der Waals surface area contributed by atoms with Gasteiger partial charge in [0.15, 0.2) is 5.82 Å². The van der Waals surface area contributed by atoms with Crippen LogP contribution in [0.2, 0.25) is 0 Å². The zero-order valence-corrected chi connectivity index (χ0v) is 9.99. The maximum atomic E-state index is 4.43. The second-order valence-electron chi connectivity index (χ2n) is 3.99. The van der Waals surface area contributed by atoms with Crippen molar-refractivity contribution in [2.45, 2.75) is 0 Å². The molecule has 0 bridgehead atoms. The van der Waals surface area contributed by atoms with Crippen molar-refractivity contribution in [3.05, 3.63) is 55.0 Å². The van der Waals surface area contributed by atoms with E-state index in [9.17, 15) is 0 Å². The van der Waals surface area contributed by atoms with Gasteiger partial charge in [-0.1, -0.05) is 24.3 Å². The first kappa shape index (κ1) is 10.7. The molecule has 0 atom stereocenters. The first-order valence-corrected chi connectivity index (χ1v) is 5.71. The topological polar surface area (TPSA) is 43.6 Å². The Bertz CT molecular complexity index is 658. The van der Waals surface area contributed by atoms with Crippen LogP contribution < -0.4 is 0 Å². The predicted octanol–water partition coefficient (Wildman–Crippen LogP) is 2.54. The molecule has 0 radical (unpaired) electrons. The van der Waals surface area contributed by atoms with E-state index in [1.54, 1.807) is 17.1 Å². The molecule has 4 heteroatoms. The Labute approximate surface area is 105 Å². The third-order valence-corrected chi connectivity index (χ3v) is 2.72. The molecule has 0 spiro atoms. The van der Waals surface area contributed by atoms with Crippen LogP contribution in [0.5, 0.6) is 0 Å². The number of hydrogen-bond donors (Lipinski definition) is 0. The zero-order valence-electron chi connectivity index (χ0n) is 9.99. The molecule has 2 heterocycles. The van der Waals surface area contributed by atoms with E-state index in [0.29, 0.717) is 0 Å². The summed E-state index contributed by atoms with van der Waals surface area (Å²) in [5, 5.41) is 4.43. The molecule has 0 N–H and O–H groups in total. The van der Waals surface area contributed by atoms with Gasteiger partial charge in [0.2, 0.25) is 0 Å². The third-order valence-electron chi connectivity index (χ3n) is 2.72. The molecule has 0 unspecified atom stereocenters. The van der Waals surface area contributed by atoms with E-state index in [4.69, 9.17) is 0 Å². The van der Waals surface area contributed by atoms with E-state index < -0.39 is 0 Å². The average Bonchev–Trinajstić information content (AvgIpc) is 2.86. The lowest BCUT2D eigenvalue weighted by Crippen LogP contribution is -1.92. The van der Waals surface area contributed by atoms with Crippen molar-refractivity contribution < 1.29 is 0 Å². The lowest BCUT2D eigenvalue weighted by Gasteiger charge is -2.05. The lowest BCUT2D eigenvalue weighted by atomic mass is 10.0. The van der Waals surface area contributed by atoms with Gasteiger partial charge in [-0.05, 0) is 12.1 Å². The smallest absolute Gasteiger partial charge is 0.159 e. The minimum absolute atomic E-state index is 0.721. The van der Waals surface area contributed by atoms with Crippen molar-refractivity contribution in [3.63, 3.8) is 0 Å². The van der Waals surface area contributed by atoms with Gasteiger partial charge >= 0.3 is 0 Å². The summed E-state index contributed by atoms with van der Waals surface area (Å²) in [6.45, 7) is 0. The van der Waals surface area contributed by atoms with Gasteiger partial charge < -0.3 is 0 Å². The molecule has 0 aliphatic carbocycles. The Morgan fingerprint density at radius 3 is 2.28 bits per heavy atom. The van der Waals surface area contributed by atoms with E-state index >= 15 is 0 Å². The molecule has 0 aliphatic rings. The van der Waals surface area contributed by atoms with Crippen LogP contribution in [0.3, 0.4) is 0 Å². The number of benzene rings is 1. The van der Waals surface area contributed by atoms with Gasteiger partial charge in [0, 0.05) is 36.8 Å². The van der Waals surface area contributed by atoms with Crippen LogP contribution in [-0.4, -0.2) is 19.7 Å². The van der Waals surface area contributed by atoms with Gasteiger partial charge in [0.05, 0.1) is 5.69 Å². The standard InChI is InChI=1S/C14H12N4/c1-18-10-7-13(17-18)11-5-2-3-6-12(11)14-15-8-4-9-16-14/h2-10H,1H3. The molecule has 3 aromatic rings. The minimum atomic E-state index is 0.721. The fourth-order valence-corrected chi connectivity index (χ4v) is 1.90. The van der Waals surface area contributed by atoms with Crippen LogP contribution in [0.4, 0.5) is 0 Å². The summed E-state index contributed by atoms with van der Waals surface area (Å²) in [4.78, 5) is 8.59. The average molecular weight is 236 g/mol. The van der Waals surface area contributed by atoms with E-state index in [0.717, 1.165) is 22.6 Å². The van der Waals surface area contributed by atoms with Crippen LogP contribution in [0.1, 0.15) is 0 Å². The Morgan fingerprint density at radius 1 is 0.889 bits per heavy atom. The number of hydrogen-bond acceptors (Lipinski definition) is 3. The number of aryl methyl sites for hydroxylation is 1. The van der Waals surface area contributed by atoms with Crippen LogP contribution >= 0.6 is 0 Å². The molecule has 0 fully saturated rings. The maximum absolute atomic E-state index is 4.43. The van der Waals surface area contributed by atoms with Crippen molar-refractivity contribution in [3.8, 4) is 22.6 Å². The first-order valence-electron chi connectivity index (χ1n) is 5.71. The second kappa shape index (κ2) is 4.41. The highest BCUT2D eigenvalue weighted by Crippen LogP contribution is 2.28. The quantitative estimate of drug-likeness (QED) is 0.686. The van der Waals surface area contributed by atoms with E-state index in [1.165, 1.54) is 0 Å². The Balaban J connectivity index is 2.17. The molecule has 0 saturated heterocycles. The summed E-state index contributed by atoms with van der Waals surface area (Å²) >= 11 is 0. The van der Waals surface area contributed by atoms with Gasteiger partial charge in [-0.15, -0.1) is 0 Å². The molecule has 0 saturated carbocycles. The van der Waals surface area contributed by atoms with Crippen molar-refractivity contribution in [1.82, 2.24) is 19.7 Å². The molecule has 2 aromatic heterocycles. The monoisotopic (exact) mass is 236 g/mol. The summed E-state index contributed by atoms with van der Waals surface area (Å²) in [5.41, 5.74) is 2.97. The van der Waals surface area contributed by atoms with Gasteiger partial charge in [-0.2, -0.15) is 5.10 Å². The van der Waals surface area contributed by atoms with Gasteiger partial charge in [-0.25, -0.2) is 9.97 Å². The Kier molecular flexibility index (Phi) is 2.61. The van der Waals surface area contributed by atoms with E-state index in [1.807, 2.05) is 49.6 Å². The molecule has 0 aliphatic heterocycles. The lowest BCUT2D eigenvalue weighted by molar-refractivity contribution is 0.771. The number of rotatable bonds is 2. The summed E-state index contributed by atoms with van der Waals surface area (Å²) in [6, 6.07) is 11.8. The van der Waals surface area contributed by atoms with Crippen LogP contribution in [0.25, 0.3) is 22.6 Å². The van der Waals surface area contributed by atoms with Crippen LogP contribution in [0.15, 0.2) is 55.0 Å².